The topological polar surface area (TPSA) is 95.1 Å². The Morgan fingerprint density at radius 1 is 1.43 bits per heavy atom. The summed E-state index contributed by atoms with van der Waals surface area (Å²) in [6.45, 7) is 1.24. The third-order valence-corrected chi connectivity index (χ3v) is 3.96. The van der Waals surface area contributed by atoms with Crippen LogP contribution in [0.2, 0.25) is 0 Å². The van der Waals surface area contributed by atoms with Crippen LogP contribution in [0.3, 0.4) is 0 Å². The van der Waals surface area contributed by atoms with Gasteiger partial charge in [-0.05, 0) is 37.0 Å². The first-order valence-corrected chi connectivity index (χ1v) is 7.44. The second-order valence-electron chi connectivity index (χ2n) is 5.47. The van der Waals surface area contributed by atoms with E-state index in [9.17, 15) is 9.18 Å². The zero-order valence-electron chi connectivity index (χ0n) is 12.5. The molecule has 1 atom stereocenters. The van der Waals surface area contributed by atoms with Gasteiger partial charge in [0.25, 0.3) is 0 Å². The van der Waals surface area contributed by atoms with Gasteiger partial charge in [-0.2, -0.15) is 5.10 Å². The van der Waals surface area contributed by atoms with Gasteiger partial charge in [-0.3, -0.25) is 4.79 Å². The second kappa shape index (κ2) is 6.84. The molecule has 1 fully saturated rings. The maximum absolute atomic E-state index is 14.1. The lowest BCUT2D eigenvalue weighted by Gasteiger charge is -2.26. The van der Waals surface area contributed by atoms with E-state index in [0.29, 0.717) is 18.9 Å². The van der Waals surface area contributed by atoms with Crippen LogP contribution in [0, 0.1) is 11.7 Å². The average molecular weight is 319 g/mol. The number of anilines is 1. The standard InChI is InChI=1S/C15H18FN5O2/c16-12-7-11(1-2-13(12)21-9-18-8-19-21)20-15(22)14(17)10-3-5-23-6-4-10/h1-2,7-10,14H,3-6,17H2,(H,20,22). The van der Waals surface area contributed by atoms with Gasteiger partial charge in [-0.15, -0.1) is 0 Å². The normalized spacial score (nSPS) is 17.0. The fourth-order valence-corrected chi connectivity index (χ4v) is 2.62. The Hall–Kier alpha value is -2.32. The maximum atomic E-state index is 14.1. The van der Waals surface area contributed by atoms with E-state index in [-0.39, 0.29) is 17.5 Å². The van der Waals surface area contributed by atoms with Crippen LogP contribution in [0.5, 0.6) is 0 Å². The summed E-state index contributed by atoms with van der Waals surface area (Å²) >= 11 is 0. The van der Waals surface area contributed by atoms with Crippen LogP contribution in [-0.4, -0.2) is 39.9 Å². The highest BCUT2D eigenvalue weighted by molar-refractivity contribution is 5.95. The minimum atomic E-state index is -0.628. The van der Waals surface area contributed by atoms with Gasteiger partial charge in [0.15, 0.2) is 5.82 Å². The number of carbonyl (C=O) groups is 1. The highest BCUT2D eigenvalue weighted by atomic mass is 19.1. The number of aromatic nitrogens is 3. The highest BCUT2D eigenvalue weighted by Gasteiger charge is 2.26. The fraction of sp³-hybridized carbons (Fsp3) is 0.400. The molecule has 1 amide bonds. The number of carbonyl (C=O) groups excluding carboxylic acids is 1. The zero-order chi connectivity index (χ0) is 16.2. The molecule has 0 radical (unpaired) electrons. The van der Waals surface area contributed by atoms with Gasteiger partial charge >= 0.3 is 0 Å². The van der Waals surface area contributed by atoms with E-state index >= 15 is 0 Å². The summed E-state index contributed by atoms with van der Waals surface area (Å²) in [4.78, 5) is 16.0. The third kappa shape index (κ3) is 3.54. The first-order chi connectivity index (χ1) is 11.1. The first-order valence-electron chi connectivity index (χ1n) is 7.44. The van der Waals surface area contributed by atoms with Crippen LogP contribution < -0.4 is 11.1 Å². The highest BCUT2D eigenvalue weighted by Crippen LogP contribution is 2.20. The van der Waals surface area contributed by atoms with E-state index in [4.69, 9.17) is 10.5 Å². The van der Waals surface area contributed by atoms with Crippen molar-refractivity contribution in [1.82, 2.24) is 14.8 Å². The Morgan fingerprint density at radius 2 is 2.22 bits per heavy atom. The lowest BCUT2D eigenvalue weighted by Crippen LogP contribution is -2.44. The molecule has 1 aromatic heterocycles. The number of ether oxygens (including phenoxy) is 1. The quantitative estimate of drug-likeness (QED) is 0.880. The van der Waals surface area contributed by atoms with Crippen molar-refractivity contribution in [2.24, 2.45) is 11.7 Å². The Morgan fingerprint density at radius 3 is 2.87 bits per heavy atom. The van der Waals surface area contributed by atoms with Crippen molar-refractivity contribution in [1.29, 1.82) is 0 Å². The summed E-state index contributed by atoms with van der Waals surface area (Å²) in [7, 11) is 0. The number of halogens is 1. The molecular formula is C15H18FN5O2. The predicted octanol–water partition coefficient (Wildman–Crippen LogP) is 1.10. The number of nitrogens with one attached hydrogen (secondary N) is 1. The molecule has 122 valence electrons. The molecule has 1 unspecified atom stereocenters. The molecule has 1 aliphatic rings. The minimum absolute atomic E-state index is 0.0861. The Labute approximate surface area is 132 Å². The summed E-state index contributed by atoms with van der Waals surface area (Å²) < 4.78 is 20.7. The fourth-order valence-electron chi connectivity index (χ4n) is 2.62. The van der Waals surface area contributed by atoms with Crippen LogP contribution in [0.25, 0.3) is 5.69 Å². The molecule has 8 heteroatoms. The number of amides is 1. The summed E-state index contributed by atoms with van der Waals surface area (Å²) in [5.74, 6) is -0.735. The van der Waals surface area contributed by atoms with Crippen molar-refractivity contribution in [3.63, 3.8) is 0 Å². The molecular weight excluding hydrogens is 301 g/mol. The van der Waals surface area contributed by atoms with Gasteiger partial charge in [0.1, 0.15) is 18.3 Å². The monoisotopic (exact) mass is 319 g/mol. The van der Waals surface area contributed by atoms with Gasteiger partial charge in [0.2, 0.25) is 5.91 Å². The zero-order valence-corrected chi connectivity index (χ0v) is 12.5. The van der Waals surface area contributed by atoms with Crippen LogP contribution in [-0.2, 0) is 9.53 Å². The molecule has 1 aromatic carbocycles. The van der Waals surface area contributed by atoms with Gasteiger partial charge < -0.3 is 15.8 Å². The van der Waals surface area contributed by atoms with Crippen molar-refractivity contribution >= 4 is 11.6 Å². The predicted molar refractivity (Wildman–Crippen MR) is 81.5 cm³/mol. The summed E-state index contributed by atoms with van der Waals surface area (Å²) in [6, 6.07) is 3.75. The van der Waals surface area contributed by atoms with Crippen molar-refractivity contribution < 1.29 is 13.9 Å². The number of nitrogens with two attached hydrogens (primary N) is 1. The van der Waals surface area contributed by atoms with Crippen LogP contribution in [0.15, 0.2) is 30.9 Å². The van der Waals surface area contributed by atoms with Crippen LogP contribution in [0.1, 0.15) is 12.8 Å². The molecule has 0 aliphatic carbocycles. The van der Waals surface area contributed by atoms with E-state index in [1.807, 2.05) is 0 Å². The molecule has 1 aliphatic heterocycles. The molecule has 2 heterocycles. The van der Waals surface area contributed by atoms with Gasteiger partial charge in [-0.1, -0.05) is 0 Å². The van der Waals surface area contributed by atoms with Gasteiger partial charge in [-0.25, -0.2) is 14.1 Å². The van der Waals surface area contributed by atoms with E-state index in [1.165, 1.54) is 29.5 Å². The Bertz CT molecular complexity index is 671. The van der Waals surface area contributed by atoms with Crippen molar-refractivity contribution in [3.8, 4) is 5.69 Å². The molecule has 3 N–H and O–H groups in total. The van der Waals surface area contributed by atoms with Crippen LogP contribution >= 0.6 is 0 Å². The summed E-state index contributed by atoms with van der Waals surface area (Å²) in [6.07, 6.45) is 4.24. The molecule has 0 bridgehead atoms. The van der Waals surface area contributed by atoms with Gasteiger partial charge in [0, 0.05) is 18.9 Å². The molecule has 0 saturated carbocycles. The molecule has 2 aromatic rings. The number of rotatable bonds is 4. The lowest BCUT2D eigenvalue weighted by molar-refractivity contribution is -0.119. The minimum Gasteiger partial charge on any atom is -0.381 e. The molecule has 0 spiro atoms. The summed E-state index contributed by atoms with van der Waals surface area (Å²) in [5, 5.41) is 6.54. The first kappa shape index (κ1) is 15.6. The van der Waals surface area contributed by atoms with E-state index in [1.54, 1.807) is 6.07 Å². The second-order valence-corrected chi connectivity index (χ2v) is 5.47. The van der Waals surface area contributed by atoms with E-state index in [0.717, 1.165) is 12.8 Å². The Balaban J connectivity index is 1.68. The molecule has 3 rings (SSSR count). The number of hydrogen-bond donors (Lipinski definition) is 2. The van der Waals surface area contributed by atoms with Crippen molar-refractivity contribution in [2.75, 3.05) is 18.5 Å². The largest absolute Gasteiger partial charge is 0.381 e. The lowest BCUT2D eigenvalue weighted by atomic mass is 9.92. The molecule has 7 nitrogen and oxygen atoms in total. The SMILES string of the molecule is NC(C(=O)Nc1ccc(-n2cncn2)c(F)c1)C1CCOCC1. The molecule has 23 heavy (non-hydrogen) atoms. The number of nitrogens with zero attached hydrogens (tertiary/aromatic N) is 3. The van der Waals surface area contributed by atoms with E-state index < -0.39 is 11.9 Å². The van der Waals surface area contributed by atoms with Crippen molar-refractivity contribution in [3.05, 3.63) is 36.7 Å². The van der Waals surface area contributed by atoms with Crippen LogP contribution in [0.4, 0.5) is 10.1 Å². The summed E-state index contributed by atoms with van der Waals surface area (Å²) in [5.41, 5.74) is 6.62. The number of hydrogen-bond acceptors (Lipinski definition) is 5. The molecule has 1 saturated heterocycles. The maximum Gasteiger partial charge on any atom is 0.241 e. The van der Waals surface area contributed by atoms with Crippen molar-refractivity contribution in [2.45, 2.75) is 18.9 Å². The van der Waals surface area contributed by atoms with Gasteiger partial charge in [0.05, 0.1) is 6.04 Å². The third-order valence-electron chi connectivity index (χ3n) is 3.96. The smallest absolute Gasteiger partial charge is 0.241 e. The average Bonchev–Trinajstić information content (AvgIpc) is 3.09. The van der Waals surface area contributed by atoms with E-state index in [2.05, 4.69) is 15.4 Å². The number of benzene rings is 1. The Kier molecular flexibility index (Phi) is 4.63.